The number of benzene rings is 2. The summed E-state index contributed by atoms with van der Waals surface area (Å²) in [5.41, 5.74) is 5.54. The number of rotatable bonds is 6. The van der Waals surface area contributed by atoms with Gasteiger partial charge in [-0.2, -0.15) is 0 Å². The first-order valence-corrected chi connectivity index (χ1v) is 14.0. The monoisotopic (exact) mass is 489 g/mol. The number of aliphatic hydroxyl groups excluding tert-OH is 1. The first kappa shape index (κ1) is 25.3. The van der Waals surface area contributed by atoms with Crippen LogP contribution in [0.4, 0.5) is 0 Å². The van der Waals surface area contributed by atoms with Crippen LogP contribution >= 0.6 is 0 Å². The molecule has 36 heavy (non-hydrogen) atoms. The Kier molecular flexibility index (Phi) is 8.30. The molecule has 4 heterocycles. The molecule has 1 aliphatic carbocycles. The normalized spacial score (nSPS) is 24.5. The molecule has 0 amide bonds. The van der Waals surface area contributed by atoms with Crippen molar-refractivity contribution < 1.29 is 9.84 Å². The maximum Gasteiger partial charge on any atom is 0.128 e. The maximum absolute atomic E-state index is 7.00. The van der Waals surface area contributed by atoms with Crippen LogP contribution in [0.2, 0.25) is 0 Å². The minimum atomic E-state index is 0.712. The third-order valence-corrected chi connectivity index (χ3v) is 8.57. The van der Waals surface area contributed by atoms with Crippen LogP contribution in [-0.4, -0.2) is 71.4 Å². The number of hydrogen-bond acceptors (Lipinski definition) is 4. The van der Waals surface area contributed by atoms with Gasteiger partial charge in [0.05, 0.1) is 6.61 Å². The van der Waals surface area contributed by atoms with E-state index in [2.05, 4.69) is 70.2 Å². The minimum absolute atomic E-state index is 0.712. The van der Waals surface area contributed by atoms with Crippen LogP contribution in [0, 0.1) is 6.92 Å². The van der Waals surface area contributed by atoms with E-state index in [1.165, 1.54) is 74.6 Å². The van der Waals surface area contributed by atoms with E-state index in [-0.39, 0.29) is 0 Å². The second kappa shape index (κ2) is 11.8. The molecule has 0 spiro atoms. The molecule has 4 aliphatic rings. The van der Waals surface area contributed by atoms with Crippen molar-refractivity contribution in [2.24, 2.45) is 0 Å². The van der Waals surface area contributed by atoms with Crippen molar-refractivity contribution in [2.75, 3.05) is 33.4 Å². The zero-order valence-corrected chi connectivity index (χ0v) is 22.1. The van der Waals surface area contributed by atoms with Gasteiger partial charge in [0, 0.05) is 61.5 Å². The van der Waals surface area contributed by atoms with Crippen LogP contribution in [0.5, 0.6) is 5.75 Å². The number of hydrogen-bond donors (Lipinski definition) is 2. The van der Waals surface area contributed by atoms with Crippen LogP contribution in [0.15, 0.2) is 48.5 Å². The number of aromatic nitrogens is 1. The van der Waals surface area contributed by atoms with Crippen LogP contribution in [0.1, 0.15) is 55.3 Å². The van der Waals surface area contributed by atoms with Crippen molar-refractivity contribution in [1.29, 1.82) is 0 Å². The van der Waals surface area contributed by atoms with Gasteiger partial charge in [0.15, 0.2) is 0 Å². The molecule has 5 heteroatoms. The molecule has 3 fully saturated rings. The van der Waals surface area contributed by atoms with Crippen molar-refractivity contribution in [3.05, 3.63) is 65.4 Å². The van der Waals surface area contributed by atoms with E-state index in [1.54, 1.807) is 11.1 Å². The summed E-state index contributed by atoms with van der Waals surface area (Å²) in [6.07, 6.45) is 10.4. The number of ether oxygens (including phenoxy) is 1. The van der Waals surface area contributed by atoms with E-state index in [9.17, 15) is 0 Å². The highest BCUT2D eigenvalue weighted by Crippen LogP contribution is 2.33. The summed E-state index contributed by atoms with van der Waals surface area (Å²) >= 11 is 0. The largest absolute Gasteiger partial charge is 0.493 e. The van der Waals surface area contributed by atoms with Crippen molar-refractivity contribution in [1.82, 2.24) is 14.8 Å². The number of nitrogens with one attached hydrogen (secondary N) is 1. The molecule has 3 aromatic rings. The fraction of sp³-hybridized carbons (Fsp3) is 0.548. The Bertz CT molecular complexity index is 1130. The Labute approximate surface area is 216 Å². The zero-order chi connectivity index (χ0) is 24.9. The van der Waals surface area contributed by atoms with E-state index in [0.29, 0.717) is 6.04 Å². The lowest BCUT2D eigenvalue weighted by Crippen LogP contribution is -2.62. The van der Waals surface area contributed by atoms with Crippen molar-refractivity contribution in [2.45, 2.75) is 76.4 Å². The Morgan fingerprint density at radius 3 is 2.58 bits per heavy atom. The summed E-state index contributed by atoms with van der Waals surface area (Å²) in [5.74, 6) is 1.01. The summed E-state index contributed by atoms with van der Waals surface area (Å²) in [7, 11) is 1.00. The Morgan fingerprint density at radius 2 is 1.72 bits per heavy atom. The van der Waals surface area contributed by atoms with Gasteiger partial charge in [-0.05, 0) is 74.8 Å². The van der Waals surface area contributed by atoms with Crippen molar-refractivity contribution in [3.8, 4) is 5.75 Å². The molecule has 3 saturated heterocycles. The second-order valence-corrected chi connectivity index (χ2v) is 10.8. The molecule has 5 nitrogen and oxygen atoms in total. The molecule has 194 valence electrons. The fourth-order valence-corrected chi connectivity index (χ4v) is 6.85. The SMILES string of the molecule is CO.Cc1cc2c(OCCCN3C[C@@H]4CCCC[C@H]3CN4C3CCc4ccccc4C3)cccc2[nH]1. The zero-order valence-electron chi connectivity index (χ0n) is 22.1. The molecular weight excluding hydrogens is 446 g/mol. The molecule has 3 aliphatic heterocycles. The number of piperazine rings is 1. The van der Waals surface area contributed by atoms with Gasteiger partial charge in [-0.1, -0.05) is 43.2 Å². The number of aryl methyl sites for hydroxylation is 2. The highest BCUT2D eigenvalue weighted by atomic mass is 16.5. The van der Waals surface area contributed by atoms with Crippen molar-refractivity contribution >= 4 is 10.9 Å². The molecule has 0 radical (unpaired) electrons. The van der Waals surface area contributed by atoms with E-state index in [0.717, 1.165) is 44.5 Å². The van der Waals surface area contributed by atoms with Gasteiger partial charge in [0.25, 0.3) is 0 Å². The van der Waals surface area contributed by atoms with Gasteiger partial charge in [-0.15, -0.1) is 0 Å². The van der Waals surface area contributed by atoms with Crippen LogP contribution in [0.3, 0.4) is 0 Å². The van der Waals surface area contributed by atoms with E-state index < -0.39 is 0 Å². The topological polar surface area (TPSA) is 51.7 Å². The number of fused-ring (bicyclic) bond motifs is 7. The standard InChI is InChI=1S/C30H39N3O.CH4O/c1-22-18-28-29(31-22)12-6-13-30(28)34-17-7-16-32-20-27-11-5-4-10-26(32)21-33(27)25-15-14-23-8-2-3-9-24(23)19-25;1-2/h2-3,6,8-9,12-13,18,25-27,31H,4-5,7,10-11,14-17,19-21H2,1H3;2H,1H3/t25?,26-,27-;/m0./s1. The van der Waals surface area contributed by atoms with E-state index in [1.807, 2.05) is 0 Å². The molecule has 2 N–H and O–H groups in total. The average molecular weight is 490 g/mol. The fourth-order valence-electron chi connectivity index (χ4n) is 6.85. The first-order valence-electron chi connectivity index (χ1n) is 14.0. The van der Waals surface area contributed by atoms with E-state index >= 15 is 0 Å². The predicted octanol–water partition coefficient (Wildman–Crippen LogP) is 5.34. The second-order valence-electron chi connectivity index (χ2n) is 10.8. The van der Waals surface area contributed by atoms with Gasteiger partial charge in [-0.25, -0.2) is 0 Å². The quantitative estimate of drug-likeness (QED) is 0.459. The molecule has 0 saturated carbocycles. The van der Waals surface area contributed by atoms with Gasteiger partial charge >= 0.3 is 0 Å². The lowest BCUT2D eigenvalue weighted by molar-refractivity contribution is -0.0205. The Hall–Kier alpha value is -2.34. The number of aliphatic hydroxyl groups is 1. The summed E-state index contributed by atoms with van der Waals surface area (Å²) in [5, 5.41) is 8.20. The molecule has 2 aromatic carbocycles. The molecule has 1 unspecified atom stereocenters. The van der Waals surface area contributed by atoms with Crippen molar-refractivity contribution in [3.63, 3.8) is 0 Å². The predicted molar refractivity (Wildman–Crippen MR) is 148 cm³/mol. The molecule has 2 bridgehead atoms. The molecule has 7 rings (SSSR count). The molecular formula is C31H43N3O2. The highest BCUT2D eigenvalue weighted by molar-refractivity contribution is 5.86. The average Bonchev–Trinajstić information content (AvgIpc) is 3.29. The van der Waals surface area contributed by atoms with Gasteiger partial charge in [0.2, 0.25) is 0 Å². The third kappa shape index (κ3) is 5.49. The smallest absolute Gasteiger partial charge is 0.128 e. The summed E-state index contributed by atoms with van der Waals surface area (Å²) in [6, 6.07) is 19.8. The molecule has 1 aromatic heterocycles. The lowest BCUT2D eigenvalue weighted by Gasteiger charge is -2.52. The first-order chi connectivity index (χ1) is 17.7. The molecule has 3 atom stereocenters. The van der Waals surface area contributed by atoms with Gasteiger partial charge in [-0.3, -0.25) is 9.80 Å². The lowest BCUT2D eigenvalue weighted by atomic mass is 9.84. The minimum Gasteiger partial charge on any atom is -0.493 e. The number of nitrogens with zero attached hydrogens (tertiary/aromatic N) is 2. The number of H-pyrrole nitrogens is 1. The third-order valence-electron chi connectivity index (χ3n) is 8.57. The maximum atomic E-state index is 7.00. The summed E-state index contributed by atoms with van der Waals surface area (Å²) in [4.78, 5) is 9.16. The van der Waals surface area contributed by atoms with Gasteiger partial charge in [0.1, 0.15) is 5.75 Å². The highest BCUT2D eigenvalue weighted by Gasteiger charge is 2.38. The van der Waals surface area contributed by atoms with Gasteiger partial charge < -0.3 is 14.8 Å². The Balaban J connectivity index is 0.00000130. The van der Waals surface area contributed by atoms with Crippen LogP contribution in [-0.2, 0) is 12.8 Å². The summed E-state index contributed by atoms with van der Waals surface area (Å²) < 4.78 is 6.25. The van der Waals surface area contributed by atoms with Crippen LogP contribution < -0.4 is 4.74 Å². The summed E-state index contributed by atoms with van der Waals surface area (Å²) in [6.45, 7) is 6.57. The van der Waals surface area contributed by atoms with Crippen LogP contribution in [0.25, 0.3) is 10.9 Å². The Morgan fingerprint density at radius 1 is 0.917 bits per heavy atom. The van der Waals surface area contributed by atoms with E-state index in [4.69, 9.17) is 9.84 Å². The number of aromatic amines is 1.